The van der Waals surface area contributed by atoms with Gasteiger partial charge in [-0.05, 0) is 24.1 Å². The summed E-state index contributed by atoms with van der Waals surface area (Å²) in [5.41, 5.74) is 0.786. The van der Waals surface area contributed by atoms with E-state index in [4.69, 9.17) is 4.74 Å². The van der Waals surface area contributed by atoms with E-state index in [0.717, 1.165) is 5.56 Å². The smallest absolute Gasteiger partial charge is 0.491 e. The molecule has 0 atom stereocenters. The number of halogens is 3. The van der Waals surface area contributed by atoms with Gasteiger partial charge in [0.15, 0.2) is 11.5 Å². The number of carbonyl (C=O) groups is 1. The van der Waals surface area contributed by atoms with Gasteiger partial charge in [-0.15, -0.1) is 6.58 Å². The zero-order valence-corrected chi connectivity index (χ0v) is 9.58. The molecule has 0 heterocycles. The molecule has 0 N–H and O–H groups in total. The van der Waals surface area contributed by atoms with Gasteiger partial charge in [-0.3, -0.25) is 0 Å². The standard InChI is InChI=1S/C12H11F3O3/c1-3-4-8-5-6-9(10(7-8)17-2)18-11(16)12(13,14)15/h3,5-7H,1,4H2,2H3. The topological polar surface area (TPSA) is 35.5 Å². The van der Waals surface area contributed by atoms with Crippen molar-refractivity contribution in [2.24, 2.45) is 0 Å². The van der Waals surface area contributed by atoms with Gasteiger partial charge in [0.25, 0.3) is 0 Å². The molecule has 0 amide bonds. The normalized spacial score (nSPS) is 10.9. The molecule has 0 saturated carbocycles. The van der Waals surface area contributed by atoms with Crippen LogP contribution in [-0.4, -0.2) is 19.3 Å². The Kier molecular flexibility index (Phi) is 4.36. The molecule has 0 aliphatic heterocycles. The monoisotopic (exact) mass is 260 g/mol. The average molecular weight is 260 g/mol. The third kappa shape index (κ3) is 3.51. The van der Waals surface area contributed by atoms with E-state index in [0.29, 0.717) is 6.42 Å². The van der Waals surface area contributed by atoms with Gasteiger partial charge in [-0.2, -0.15) is 13.2 Å². The fourth-order valence-electron chi connectivity index (χ4n) is 1.25. The Morgan fingerprint density at radius 3 is 2.56 bits per heavy atom. The highest BCUT2D eigenvalue weighted by Crippen LogP contribution is 2.30. The molecule has 0 unspecified atom stereocenters. The van der Waals surface area contributed by atoms with E-state index in [9.17, 15) is 18.0 Å². The average Bonchev–Trinajstić information content (AvgIpc) is 2.30. The lowest BCUT2D eigenvalue weighted by atomic mass is 10.1. The maximum absolute atomic E-state index is 12.0. The molecule has 98 valence electrons. The van der Waals surface area contributed by atoms with Crippen molar-refractivity contribution in [3.63, 3.8) is 0 Å². The van der Waals surface area contributed by atoms with Crippen LogP contribution >= 0.6 is 0 Å². The van der Waals surface area contributed by atoms with Crippen LogP contribution in [-0.2, 0) is 11.2 Å². The van der Waals surface area contributed by atoms with Crippen LogP contribution in [0, 0.1) is 0 Å². The molecule has 0 spiro atoms. The number of benzene rings is 1. The second-order valence-electron chi connectivity index (χ2n) is 3.37. The Morgan fingerprint density at radius 1 is 1.39 bits per heavy atom. The number of methoxy groups -OCH3 is 1. The second-order valence-corrected chi connectivity index (χ2v) is 3.37. The predicted molar refractivity (Wildman–Crippen MR) is 58.6 cm³/mol. The highest BCUT2D eigenvalue weighted by atomic mass is 19.4. The van der Waals surface area contributed by atoms with Gasteiger partial charge >= 0.3 is 12.1 Å². The molecular weight excluding hydrogens is 249 g/mol. The molecule has 0 aliphatic rings. The number of hydrogen-bond acceptors (Lipinski definition) is 3. The van der Waals surface area contributed by atoms with Gasteiger partial charge in [0.05, 0.1) is 7.11 Å². The summed E-state index contributed by atoms with van der Waals surface area (Å²) in [4.78, 5) is 10.7. The van der Waals surface area contributed by atoms with E-state index in [1.165, 1.54) is 25.3 Å². The summed E-state index contributed by atoms with van der Waals surface area (Å²) in [6.45, 7) is 3.54. The third-order valence-corrected chi connectivity index (χ3v) is 2.04. The predicted octanol–water partition coefficient (Wildman–Crippen LogP) is 2.89. The van der Waals surface area contributed by atoms with Crippen LogP contribution in [0.25, 0.3) is 0 Å². The lowest BCUT2D eigenvalue weighted by Gasteiger charge is -2.11. The number of hydrogen-bond donors (Lipinski definition) is 0. The van der Waals surface area contributed by atoms with Crippen molar-refractivity contribution in [1.82, 2.24) is 0 Å². The molecule has 0 aliphatic carbocycles. The number of esters is 1. The Hall–Kier alpha value is -1.98. The van der Waals surface area contributed by atoms with E-state index >= 15 is 0 Å². The van der Waals surface area contributed by atoms with Gasteiger partial charge in [0, 0.05) is 0 Å². The first kappa shape index (κ1) is 14.1. The fraction of sp³-hybridized carbons (Fsp3) is 0.250. The Bertz CT molecular complexity index is 452. The van der Waals surface area contributed by atoms with E-state index in [1.807, 2.05) is 0 Å². The maximum atomic E-state index is 12.0. The van der Waals surface area contributed by atoms with Crippen molar-refractivity contribution >= 4 is 5.97 Å². The van der Waals surface area contributed by atoms with Crippen molar-refractivity contribution in [2.75, 3.05) is 7.11 Å². The van der Waals surface area contributed by atoms with Crippen molar-refractivity contribution in [1.29, 1.82) is 0 Å². The van der Waals surface area contributed by atoms with Crippen LogP contribution < -0.4 is 9.47 Å². The molecule has 0 saturated heterocycles. The molecule has 1 rings (SSSR count). The molecule has 1 aromatic rings. The van der Waals surface area contributed by atoms with Crippen LogP contribution in [0.15, 0.2) is 30.9 Å². The minimum Gasteiger partial charge on any atom is -0.493 e. The first-order valence-electron chi connectivity index (χ1n) is 4.95. The summed E-state index contributed by atoms with van der Waals surface area (Å²) in [7, 11) is 1.28. The summed E-state index contributed by atoms with van der Waals surface area (Å²) < 4.78 is 45.2. The molecule has 0 radical (unpaired) electrons. The fourth-order valence-corrected chi connectivity index (χ4v) is 1.25. The third-order valence-electron chi connectivity index (χ3n) is 2.04. The quantitative estimate of drug-likeness (QED) is 0.474. The molecule has 1 aromatic carbocycles. The van der Waals surface area contributed by atoms with Gasteiger partial charge in [0.2, 0.25) is 0 Å². The summed E-state index contributed by atoms with van der Waals surface area (Å²) in [5.74, 6) is -2.49. The highest BCUT2D eigenvalue weighted by Gasteiger charge is 2.41. The van der Waals surface area contributed by atoms with Gasteiger partial charge in [-0.25, -0.2) is 4.79 Å². The Balaban J connectivity index is 2.96. The first-order valence-corrected chi connectivity index (χ1v) is 4.95. The highest BCUT2D eigenvalue weighted by molar-refractivity contribution is 5.78. The van der Waals surface area contributed by atoms with E-state index in [2.05, 4.69) is 11.3 Å². The molecule has 0 bridgehead atoms. The van der Waals surface area contributed by atoms with Crippen LogP contribution in [0.2, 0.25) is 0 Å². The lowest BCUT2D eigenvalue weighted by Crippen LogP contribution is -2.28. The summed E-state index contributed by atoms with van der Waals surface area (Å²) in [6.07, 6.45) is -2.87. The number of carbonyl (C=O) groups excluding carboxylic acids is 1. The molecule has 0 fully saturated rings. The zero-order valence-electron chi connectivity index (χ0n) is 9.58. The summed E-state index contributed by atoms with van der Waals surface area (Å²) >= 11 is 0. The Labute approximate surface area is 102 Å². The summed E-state index contributed by atoms with van der Waals surface area (Å²) in [6, 6.07) is 4.27. The SMILES string of the molecule is C=CCc1ccc(OC(=O)C(F)(F)F)c(OC)c1. The molecule has 0 aromatic heterocycles. The van der Waals surface area contributed by atoms with E-state index in [1.54, 1.807) is 6.08 Å². The van der Waals surface area contributed by atoms with Gasteiger partial charge in [0.1, 0.15) is 0 Å². The minimum atomic E-state index is -5.04. The van der Waals surface area contributed by atoms with Gasteiger partial charge < -0.3 is 9.47 Å². The number of alkyl halides is 3. The first-order chi connectivity index (χ1) is 8.38. The van der Waals surface area contributed by atoms with Crippen LogP contribution in [0.3, 0.4) is 0 Å². The zero-order chi connectivity index (χ0) is 13.8. The van der Waals surface area contributed by atoms with E-state index < -0.39 is 12.1 Å². The van der Waals surface area contributed by atoms with Crippen LogP contribution in [0.5, 0.6) is 11.5 Å². The van der Waals surface area contributed by atoms with Crippen LogP contribution in [0.1, 0.15) is 5.56 Å². The Morgan fingerprint density at radius 2 is 2.06 bits per heavy atom. The maximum Gasteiger partial charge on any atom is 0.491 e. The number of ether oxygens (including phenoxy) is 2. The molecule has 3 nitrogen and oxygen atoms in total. The minimum absolute atomic E-state index is 0.0620. The number of rotatable bonds is 4. The van der Waals surface area contributed by atoms with Gasteiger partial charge in [-0.1, -0.05) is 12.1 Å². The largest absolute Gasteiger partial charge is 0.493 e. The van der Waals surface area contributed by atoms with Crippen molar-refractivity contribution in [3.05, 3.63) is 36.4 Å². The van der Waals surface area contributed by atoms with Crippen LogP contribution in [0.4, 0.5) is 13.2 Å². The molecular formula is C12H11F3O3. The number of allylic oxidation sites excluding steroid dienone is 1. The summed E-state index contributed by atoms with van der Waals surface area (Å²) in [5, 5.41) is 0. The van der Waals surface area contributed by atoms with Crippen molar-refractivity contribution < 1.29 is 27.4 Å². The lowest BCUT2D eigenvalue weighted by molar-refractivity contribution is -0.189. The second kappa shape index (κ2) is 5.57. The van der Waals surface area contributed by atoms with Crippen molar-refractivity contribution in [3.8, 4) is 11.5 Å². The molecule has 18 heavy (non-hydrogen) atoms. The van der Waals surface area contributed by atoms with Crippen molar-refractivity contribution in [2.45, 2.75) is 12.6 Å². The molecule has 6 heteroatoms. The van der Waals surface area contributed by atoms with E-state index in [-0.39, 0.29) is 11.5 Å².